The Morgan fingerprint density at radius 2 is 2.03 bits per heavy atom. The minimum absolute atomic E-state index is 0.00832. The highest BCUT2D eigenvalue weighted by molar-refractivity contribution is 6.01. The second-order valence-electron chi connectivity index (χ2n) is 10.0. The maximum Gasteiger partial charge on any atom is 0.190 e. The summed E-state index contributed by atoms with van der Waals surface area (Å²) in [7, 11) is 1.41. The molecule has 0 bridgehead atoms. The molecule has 0 radical (unpaired) electrons. The number of hydrogen-bond acceptors (Lipinski definition) is 5. The van der Waals surface area contributed by atoms with Crippen LogP contribution in [0.2, 0.25) is 0 Å². The normalized spacial score (nSPS) is 51.1. The van der Waals surface area contributed by atoms with Crippen molar-refractivity contribution in [1.82, 2.24) is 0 Å². The molecule has 0 aromatic rings. The van der Waals surface area contributed by atoms with Gasteiger partial charge in [0.25, 0.3) is 0 Å². The van der Waals surface area contributed by atoms with Gasteiger partial charge in [-0.05, 0) is 56.6 Å². The van der Waals surface area contributed by atoms with Crippen LogP contribution in [-0.2, 0) is 14.3 Å². The van der Waals surface area contributed by atoms with Crippen molar-refractivity contribution in [3.8, 4) is 0 Å². The Balaban J connectivity index is 1.81. The third kappa shape index (κ3) is 2.31. The van der Waals surface area contributed by atoms with Crippen molar-refractivity contribution in [2.24, 2.45) is 28.6 Å². The zero-order valence-electron chi connectivity index (χ0n) is 17.6. The lowest BCUT2D eigenvalue weighted by atomic mass is 9.44. The SMILES string of the molecule is COCC(=O)[C@@]1(O)[C@H](C)C[C@H]2[C@@H]3CCC4=CC(=O)C=C[C@]4(C)[C@@]3(F)[C@@H](O)C[C@@]21C. The highest BCUT2D eigenvalue weighted by Crippen LogP contribution is 2.70. The molecule has 4 rings (SSSR count). The van der Waals surface area contributed by atoms with Gasteiger partial charge < -0.3 is 14.9 Å². The van der Waals surface area contributed by atoms with Crippen LogP contribution in [0.1, 0.15) is 46.5 Å². The van der Waals surface area contributed by atoms with E-state index in [1.807, 2.05) is 13.8 Å². The Labute approximate surface area is 171 Å². The van der Waals surface area contributed by atoms with Crippen LogP contribution in [0.25, 0.3) is 0 Å². The monoisotopic (exact) mass is 406 g/mol. The Hall–Kier alpha value is -1.37. The van der Waals surface area contributed by atoms with E-state index in [0.717, 1.165) is 5.57 Å². The molecule has 4 aliphatic carbocycles. The Bertz CT molecular complexity index is 820. The summed E-state index contributed by atoms with van der Waals surface area (Å²) < 4.78 is 22.0. The summed E-state index contributed by atoms with van der Waals surface area (Å²) in [6.45, 7) is 5.21. The number of aliphatic hydroxyl groups is 2. The zero-order valence-corrected chi connectivity index (χ0v) is 17.6. The van der Waals surface area contributed by atoms with Gasteiger partial charge in [0.1, 0.15) is 12.2 Å². The van der Waals surface area contributed by atoms with Crippen LogP contribution in [0.4, 0.5) is 4.39 Å². The fourth-order valence-corrected chi connectivity index (χ4v) is 7.38. The smallest absolute Gasteiger partial charge is 0.190 e. The molecule has 0 unspecified atom stereocenters. The molecule has 3 saturated carbocycles. The quantitative estimate of drug-likeness (QED) is 0.753. The molecular weight excluding hydrogens is 375 g/mol. The summed E-state index contributed by atoms with van der Waals surface area (Å²) in [6.07, 6.45) is 4.72. The molecule has 8 atom stereocenters. The predicted molar refractivity (Wildman–Crippen MR) is 105 cm³/mol. The number of alkyl halides is 1. The zero-order chi connectivity index (χ0) is 21.4. The van der Waals surface area contributed by atoms with Crippen molar-refractivity contribution in [3.63, 3.8) is 0 Å². The number of ketones is 2. The number of fused-ring (bicyclic) bond motifs is 5. The first-order valence-electron chi connectivity index (χ1n) is 10.5. The lowest BCUT2D eigenvalue weighted by Gasteiger charge is -2.62. The molecule has 0 amide bonds. The average molecular weight is 406 g/mol. The molecule has 6 heteroatoms. The van der Waals surface area contributed by atoms with E-state index in [-0.39, 0.29) is 30.6 Å². The predicted octanol–water partition coefficient (Wildman–Crippen LogP) is 2.55. The second kappa shape index (κ2) is 6.32. The number of rotatable bonds is 3. The number of aliphatic hydroxyl groups excluding tert-OH is 1. The van der Waals surface area contributed by atoms with Gasteiger partial charge in [-0.3, -0.25) is 9.59 Å². The molecule has 0 aromatic carbocycles. The summed E-state index contributed by atoms with van der Waals surface area (Å²) in [5, 5.41) is 22.8. The van der Waals surface area contributed by atoms with E-state index >= 15 is 4.39 Å². The first-order valence-corrected chi connectivity index (χ1v) is 10.5. The molecule has 0 aromatic heterocycles. The van der Waals surface area contributed by atoms with Crippen LogP contribution in [-0.4, -0.2) is 52.9 Å². The molecule has 0 saturated heterocycles. The Morgan fingerprint density at radius 1 is 1.34 bits per heavy atom. The van der Waals surface area contributed by atoms with E-state index in [0.29, 0.717) is 19.3 Å². The minimum Gasteiger partial charge on any atom is -0.390 e. The van der Waals surface area contributed by atoms with Gasteiger partial charge >= 0.3 is 0 Å². The lowest BCUT2D eigenvalue weighted by Crippen LogP contribution is -2.69. The summed E-state index contributed by atoms with van der Waals surface area (Å²) >= 11 is 0. The molecule has 5 nitrogen and oxygen atoms in total. The van der Waals surface area contributed by atoms with Crippen LogP contribution >= 0.6 is 0 Å². The van der Waals surface area contributed by atoms with E-state index in [2.05, 4.69) is 0 Å². The van der Waals surface area contributed by atoms with Crippen molar-refractivity contribution >= 4 is 11.6 Å². The average Bonchev–Trinajstić information content (AvgIpc) is 2.85. The molecular formula is C23H31FO5. The maximum absolute atomic E-state index is 16.9. The Morgan fingerprint density at radius 3 is 2.69 bits per heavy atom. The van der Waals surface area contributed by atoms with Gasteiger partial charge in [0.15, 0.2) is 17.2 Å². The van der Waals surface area contributed by atoms with E-state index in [4.69, 9.17) is 4.74 Å². The van der Waals surface area contributed by atoms with Crippen molar-refractivity contribution in [2.45, 2.75) is 63.8 Å². The molecule has 2 N–H and O–H groups in total. The lowest BCUT2D eigenvalue weighted by molar-refractivity contribution is -0.219. The highest BCUT2D eigenvalue weighted by Gasteiger charge is 2.75. The second-order valence-corrected chi connectivity index (χ2v) is 10.0. The number of Topliss-reactive ketones (excluding diaryl/α,β-unsaturated/α-hetero) is 1. The van der Waals surface area contributed by atoms with Gasteiger partial charge in [-0.15, -0.1) is 0 Å². The van der Waals surface area contributed by atoms with Crippen LogP contribution < -0.4 is 0 Å². The van der Waals surface area contributed by atoms with E-state index in [9.17, 15) is 19.8 Å². The molecule has 0 heterocycles. The minimum atomic E-state index is -1.95. The van der Waals surface area contributed by atoms with E-state index in [1.165, 1.54) is 19.3 Å². The molecule has 3 fully saturated rings. The number of halogens is 1. The van der Waals surface area contributed by atoms with Gasteiger partial charge in [-0.25, -0.2) is 4.39 Å². The van der Waals surface area contributed by atoms with Crippen molar-refractivity contribution in [1.29, 1.82) is 0 Å². The molecule has 160 valence electrons. The summed E-state index contributed by atoms with van der Waals surface area (Å²) in [5.74, 6) is -1.67. The van der Waals surface area contributed by atoms with Gasteiger partial charge in [-0.1, -0.05) is 25.5 Å². The molecule has 0 aliphatic heterocycles. The van der Waals surface area contributed by atoms with Crippen molar-refractivity contribution < 1.29 is 28.9 Å². The first-order chi connectivity index (χ1) is 13.5. The maximum atomic E-state index is 16.9. The van der Waals surface area contributed by atoms with Crippen LogP contribution in [0.15, 0.2) is 23.8 Å². The summed E-state index contributed by atoms with van der Waals surface area (Å²) in [5.41, 5.74) is -4.89. The van der Waals surface area contributed by atoms with Crippen molar-refractivity contribution in [2.75, 3.05) is 13.7 Å². The van der Waals surface area contributed by atoms with Gasteiger partial charge in [0.2, 0.25) is 0 Å². The standard InChI is InChI=1S/C23H31FO5/c1-13-9-17-16-6-5-14-10-15(25)7-8-20(14,2)22(16,24)18(26)11-21(17,3)23(13,28)19(27)12-29-4/h7-8,10,13,16-18,26,28H,5-6,9,11-12H2,1-4H3/t13-,16+,17+,18+,20+,21+,22+,23+/m1/s1. The highest BCUT2D eigenvalue weighted by atomic mass is 19.1. The first kappa shape index (κ1) is 20.9. The van der Waals surface area contributed by atoms with Gasteiger partial charge in [0.05, 0.1) is 6.10 Å². The van der Waals surface area contributed by atoms with Crippen LogP contribution in [0, 0.1) is 28.6 Å². The number of hydrogen-bond donors (Lipinski definition) is 2. The van der Waals surface area contributed by atoms with Crippen molar-refractivity contribution in [3.05, 3.63) is 23.8 Å². The fourth-order valence-electron chi connectivity index (χ4n) is 7.38. The summed E-state index contributed by atoms with van der Waals surface area (Å²) in [4.78, 5) is 24.8. The van der Waals surface area contributed by atoms with Gasteiger partial charge in [0, 0.05) is 23.9 Å². The number of carbonyl (C=O) groups is 2. The third-order valence-corrected chi connectivity index (χ3v) is 8.92. The fraction of sp³-hybridized carbons (Fsp3) is 0.739. The van der Waals surface area contributed by atoms with Gasteiger partial charge in [-0.2, -0.15) is 0 Å². The number of allylic oxidation sites excluding steroid dienone is 4. The number of carbonyl (C=O) groups excluding carboxylic acids is 2. The van der Waals surface area contributed by atoms with E-state index in [1.54, 1.807) is 13.0 Å². The number of methoxy groups -OCH3 is 1. The van der Waals surface area contributed by atoms with Crippen LogP contribution in [0.3, 0.4) is 0 Å². The number of ether oxygens (including phenoxy) is 1. The molecule has 4 aliphatic rings. The Kier molecular flexibility index (Phi) is 4.55. The third-order valence-electron chi connectivity index (χ3n) is 8.92. The molecule has 0 spiro atoms. The summed E-state index contributed by atoms with van der Waals surface area (Å²) in [6, 6.07) is 0. The topological polar surface area (TPSA) is 83.8 Å². The molecule has 29 heavy (non-hydrogen) atoms. The van der Waals surface area contributed by atoms with Crippen LogP contribution in [0.5, 0.6) is 0 Å². The largest absolute Gasteiger partial charge is 0.390 e. The van der Waals surface area contributed by atoms with E-state index < -0.39 is 39.9 Å².